The van der Waals surface area contributed by atoms with Crippen molar-refractivity contribution in [3.8, 4) is 0 Å². The molecule has 0 aromatic rings. The van der Waals surface area contributed by atoms with E-state index in [0.29, 0.717) is 11.8 Å². The Morgan fingerprint density at radius 3 is 1.21 bits per heavy atom. The van der Waals surface area contributed by atoms with Gasteiger partial charge in [0.25, 0.3) is 0 Å². The normalized spacial score (nSPS) is 43.9. The van der Waals surface area contributed by atoms with Gasteiger partial charge >= 0.3 is 11.9 Å². The molecule has 4 bridgehead atoms. The molecule has 39 heavy (non-hydrogen) atoms. The standard InChI is InChI=1S/C31H42N2O6/c34-28(24-18-5-7-20(14-18)26(24)30(36)37)32-22-9-1-16(2-10-22)13-17-3-11-23(12-4-17)33-29(35)25-19-6-8-21(15-19)27(25)31(38)39/h5-8,16-27H,1-4,9-15H2,(H,32,34)(H,33,35)(H,36,37)(H,38,39)/t16?,17?,18-,19-,20-,21-,22?,23?,24-,25-,26-,27+/m0/s1. The van der Waals surface area contributed by atoms with Crippen LogP contribution in [-0.4, -0.2) is 46.0 Å². The quantitative estimate of drug-likeness (QED) is 0.348. The summed E-state index contributed by atoms with van der Waals surface area (Å²) in [4.78, 5) is 49.6. The first kappa shape index (κ1) is 26.6. The second-order valence-corrected chi connectivity index (χ2v) is 13.4. The molecular formula is C31H42N2O6. The predicted octanol–water partition coefficient (Wildman–Crippen LogP) is 3.77. The summed E-state index contributed by atoms with van der Waals surface area (Å²) in [6.45, 7) is 0. The minimum Gasteiger partial charge on any atom is -0.481 e. The SMILES string of the molecule is O=C(O)[C@@H]1[C@@H](C(=O)NC2CCC(CC3CCC(NC(=O)[C@@H]4[C@H](C(=O)O)[C@H]5C=C[C@H]4C5)CC3)CC2)[C@H]2C=C[C@H]1C2. The maximum absolute atomic E-state index is 13.0. The highest BCUT2D eigenvalue weighted by Gasteiger charge is 2.53. The number of carboxylic acid groups (broad SMARTS) is 2. The molecule has 0 unspecified atom stereocenters. The third kappa shape index (κ3) is 5.16. The molecule has 4 fully saturated rings. The fraction of sp³-hybridized carbons (Fsp3) is 0.742. The van der Waals surface area contributed by atoms with Gasteiger partial charge in [-0.1, -0.05) is 24.3 Å². The number of nitrogens with one attached hydrogen (secondary N) is 2. The number of rotatable bonds is 8. The zero-order valence-electron chi connectivity index (χ0n) is 22.5. The molecular weight excluding hydrogens is 496 g/mol. The van der Waals surface area contributed by atoms with Gasteiger partial charge in [-0.25, -0.2) is 0 Å². The summed E-state index contributed by atoms with van der Waals surface area (Å²) in [7, 11) is 0. The van der Waals surface area contributed by atoms with Crippen LogP contribution in [0.2, 0.25) is 0 Å². The Morgan fingerprint density at radius 2 is 0.872 bits per heavy atom. The van der Waals surface area contributed by atoms with Crippen molar-refractivity contribution >= 4 is 23.8 Å². The second-order valence-electron chi connectivity index (χ2n) is 13.4. The number of allylic oxidation sites excluding steroid dienone is 4. The van der Waals surface area contributed by atoms with Gasteiger partial charge in [0.15, 0.2) is 0 Å². The molecule has 0 saturated heterocycles. The minimum atomic E-state index is -0.850. The van der Waals surface area contributed by atoms with Crippen LogP contribution in [0.25, 0.3) is 0 Å². The monoisotopic (exact) mass is 538 g/mol. The van der Waals surface area contributed by atoms with Gasteiger partial charge in [0.05, 0.1) is 23.7 Å². The van der Waals surface area contributed by atoms with Gasteiger partial charge in [0, 0.05) is 12.1 Å². The molecule has 0 aromatic heterocycles. The van der Waals surface area contributed by atoms with Crippen LogP contribution in [0.5, 0.6) is 0 Å². The van der Waals surface area contributed by atoms with Crippen molar-refractivity contribution in [2.45, 2.75) is 82.7 Å². The van der Waals surface area contributed by atoms with Gasteiger partial charge in [0.1, 0.15) is 0 Å². The average molecular weight is 539 g/mol. The van der Waals surface area contributed by atoms with Crippen molar-refractivity contribution in [3.63, 3.8) is 0 Å². The lowest BCUT2D eigenvalue weighted by molar-refractivity contribution is -0.148. The van der Waals surface area contributed by atoms with E-state index in [1.807, 2.05) is 24.3 Å². The van der Waals surface area contributed by atoms with E-state index >= 15 is 0 Å². The summed E-state index contributed by atoms with van der Waals surface area (Å²) in [5.41, 5.74) is 0. The average Bonchev–Trinajstić information content (AvgIpc) is 3.71. The van der Waals surface area contributed by atoms with Crippen molar-refractivity contribution in [1.29, 1.82) is 0 Å². The van der Waals surface area contributed by atoms with E-state index in [1.165, 1.54) is 6.42 Å². The van der Waals surface area contributed by atoms with Gasteiger partial charge in [-0.15, -0.1) is 0 Å². The van der Waals surface area contributed by atoms with Gasteiger partial charge in [-0.3, -0.25) is 19.2 Å². The first-order valence-corrected chi connectivity index (χ1v) is 15.2. The highest BCUT2D eigenvalue weighted by molar-refractivity contribution is 5.87. The fourth-order valence-electron chi connectivity index (χ4n) is 9.18. The number of carbonyl (C=O) groups is 4. The molecule has 8 heteroatoms. The summed E-state index contributed by atoms with van der Waals surface area (Å²) in [5, 5.41) is 25.7. The van der Waals surface area contributed by atoms with Gasteiger partial charge < -0.3 is 20.8 Å². The van der Waals surface area contributed by atoms with E-state index < -0.39 is 35.6 Å². The van der Waals surface area contributed by atoms with E-state index in [0.717, 1.165) is 64.2 Å². The van der Waals surface area contributed by atoms with Crippen LogP contribution >= 0.6 is 0 Å². The lowest BCUT2D eigenvalue weighted by Gasteiger charge is -2.35. The predicted molar refractivity (Wildman–Crippen MR) is 143 cm³/mol. The molecule has 0 radical (unpaired) electrons. The molecule has 2 amide bonds. The van der Waals surface area contributed by atoms with Crippen LogP contribution in [0, 0.1) is 59.2 Å². The molecule has 0 aliphatic heterocycles. The van der Waals surface area contributed by atoms with Crippen molar-refractivity contribution < 1.29 is 29.4 Å². The Kier molecular flexibility index (Phi) is 7.32. The van der Waals surface area contributed by atoms with Crippen LogP contribution in [0.1, 0.15) is 70.6 Å². The lowest BCUT2D eigenvalue weighted by Crippen LogP contribution is -2.46. The minimum absolute atomic E-state index is 0.000903. The first-order valence-electron chi connectivity index (χ1n) is 15.2. The van der Waals surface area contributed by atoms with Crippen LogP contribution < -0.4 is 10.6 Å². The third-order valence-corrected chi connectivity index (χ3v) is 11.1. The summed E-state index contributed by atoms with van der Waals surface area (Å²) in [5.74, 6) is -2.42. The summed E-state index contributed by atoms with van der Waals surface area (Å²) in [6, 6.07) is 0.292. The topological polar surface area (TPSA) is 133 Å². The van der Waals surface area contributed by atoms with Crippen LogP contribution in [0.3, 0.4) is 0 Å². The zero-order valence-corrected chi connectivity index (χ0v) is 22.5. The van der Waals surface area contributed by atoms with Gasteiger partial charge in [0.2, 0.25) is 11.8 Å². The third-order valence-electron chi connectivity index (χ3n) is 11.1. The first-order chi connectivity index (χ1) is 18.8. The molecule has 8 nitrogen and oxygen atoms in total. The number of carbonyl (C=O) groups excluding carboxylic acids is 2. The molecule has 0 aromatic carbocycles. The van der Waals surface area contributed by atoms with Gasteiger partial charge in [-0.05, 0) is 106 Å². The highest BCUT2D eigenvalue weighted by Crippen LogP contribution is 2.49. The van der Waals surface area contributed by atoms with Crippen LogP contribution in [0.4, 0.5) is 0 Å². The molecule has 8 atom stereocenters. The van der Waals surface area contributed by atoms with E-state index in [9.17, 15) is 29.4 Å². The number of aliphatic carboxylic acids is 2. The smallest absolute Gasteiger partial charge is 0.307 e. The Labute approximate surface area is 230 Å². The summed E-state index contributed by atoms with van der Waals surface area (Å²) < 4.78 is 0. The van der Waals surface area contributed by atoms with E-state index in [1.54, 1.807) is 0 Å². The molecule has 4 N–H and O–H groups in total. The van der Waals surface area contributed by atoms with Crippen molar-refractivity contribution in [2.75, 3.05) is 0 Å². The fourth-order valence-corrected chi connectivity index (χ4v) is 9.18. The number of amides is 2. The molecule has 212 valence electrons. The highest BCUT2D eigenvalue weighted by atomic mass is 16.4. The van der Waals surface area contributed by atoms with Crippen molar-refractivity contribution in [1.82, 2.24) is 10.6 Å². The maximum atomic E-state index is 13.0. The van der Waals surface area contributed by atoms with E-state index in [4.69, 9.17) is 0 Å². The lowest BCUT2D eigenvalue weighted by atomic mass is 9.75. The number of hydrogen-bond acceptors (Lipinski definition) is 4. The van der Waals surface area contributed by atoms with Gasteiger partial charge in [-0.2, -0.15) is 0 Å². The van der Waals surface area contributed by atoms with Crippen molar-refractivity contribution in [2.24, 2.45) is 59.2 Å². The Balaban J connectivity index is 0.912. The van der Waals surface area contributed by atoms with Crippen LogP contribution in [0.15, 0.2) is 24.3 Å². The van der Waals surface area contributed by atoms with E-state index in [2.05, 4.69) is 10.6 Å². The Bertz CT molecular complexity index is 971. The Hall–Kier alpha value is -2.64. The summed E-state index contributed by atoms with van der Waals surface area (Å²) in [6.07, 6.45) is 19.0. The zero-order chi connectivity index (χ0) is 27.3. The molecule has 6 aliphatic carbocycles. The number of carboxylic acids is 2. The molecule has 0 spiro atoms. The number of hydrogen-bond donors (Lipinski definition) is 4. The Morgan fingerprint density at radius 1 is 0.538 bits per heavy atom. The molecule has 6 rings (SSSR count). The molecule has 4 saturated carbocycles. The van der Waals surface area contributed by atoms with E-state index in [-0.39, 0.29) is 47.6 Å². The largest absolute Gasteiger partial charge is 0.481 e. The van der Waals surface area contributed by atoms with Crippen molar-refractivity contribution in [3.05, 3.63) is 24.3 Å². The second kappa shape index (κ2) is 10.7. The maximum Gasteiger partial charge on any atom is 0.307 e. The summed E-state index contributed by atoms with van der Waals surface area (Å²) >= 11 is 0. The number of fused-ring (bicyclic) bond motifs is 4. The molecule has 6 aliphatic rings. The molecule has 0 heterocycles. The van der Waals surface area contributed by atoms with Crippen LogP contribution in [-0.2, 0) is 19.2 Å².